The molecule has 0 saturated heterocycles. The number of para-hydroxylation sites is 1. The molecule has 0 saturated carbocycles. The number of ether oxygens (including phenoxy) is 2. The van der Waals surface area contributed by atoms with Gasteiger partial charge in [0.05, 0.1) is 25.6 Å². The lowest BCUT2D eigenvalue weighted by molar-refractivity contribution is 0.355. The highest BCUT2D eigenvalue weighted by atomic mass is 35.5. The van der Waals surface area contributed by atoms with Crippen LogP contribution in [-0.2, 0) is 0 Å². The number of hydrogen-bond acceptors (Lipinski definition) is 4. The largest absolute Gasteiger partial charge is 0.493 e. The maximum atomic E-state index is 5.35. The second kappa shape index (κ2) is 6.87. The quantitative estimate of drug-likeness (QED) is 0.842. The van der Waals surface area contributed by atoms with Crippen molar-refractivity contribution >= 4 is 35.6 Å². The van der Waals surface area contributed by atoms with Crippen LogP contribution in [0.1, 0.15) is 5.56 Å². The number of methoxy groups -OCH3 is 2. The van der Waals surface area contributed by atoms with Gasteiger partial charge in [-0.15, -0.1) is 24.2 Å². The number of aliphatic imine (C=N–C) groups is 1. The van der Waals surface area contributed by atoms with Crippen LogP contribution >= 0.6 is 24.2 Å². The van der Waals surface area contributed by atoms with Gasteiger partial charge in [-0.3, -0.25) is 4.99 Å². The molecule has 0 unspecified atom stereocenters. The maximum Gasteiger partial charge on any atom is 0.161 e. The van der Waals surface area contributed by atoms with Gasteiger partial charge in [-0.2, -0.15) is 0 Å². The molecule has 0 spiro atoms. The molecule has 0 atom stereocenters. The van der Waals surface area contributed by atoms with Crippen LogP contribution in [0, 0.1) is 0 Å². The lowest BCUT2D eigenvalue weighted by Crippen LogP contribution is -2.08. The zero-order valence-corrected chi connectivity index (χ0v) is 13.5. The lowest BCUT2D eigenvalue weighted by atomic mass is 10.1. The number of hydrogen-bond donors (Lipinski definition) is 0. The molecule has 110 valence electrons. The smallest absolute Gasteiger partial charge is 0.161 e. The second-order valence-electron chi connectivity index (χ2n) is 4.38. The summed E-state index contributed by atoms with van der Waals surface area (Å²) >= 11 is 1.81. The summed E-state index contributed by atoms with van der Waals surface area (Å²) < 4.78 is 10.6. The third-order valence-electron chi connectivity index (χ3n) is 3.20. The van der Waals surface area contributed by atoms with Gasteiger partial charge in [-0.25, -0.2) is 0 Å². The normalized spacial score (nSPS) is 12.8. The van der Waals surface area contributed by atoms with Crippen molar-refractivity contribution in [2.45, 2.75) is 4.90 Å². The van der Waals surface area contributed by atoms with Crippen LogP contribution in [0.5, 0.6) is 11.5 Å². The van der Waals surface area contributed by atoms with Crippen molar-refractivity contribution in [1.82, 2.24) is 0 Å². The fraction of sp³-hybridized carbons (Fsp3) is 0.188. The summed E-state index contributed by atoms with van der Waals surface area (Å²) in [5, 5.41) is 0. The van der Waals surface area contributed by atoms with Crippen LogP contribution in [0.25, 0.3) is 0 Å². The Morgan fingerprint density at radius 1 is 1.00 bits per heavy atom. The molecule has 0 N–H and O–H groups in total. The van der Waals surface area contributed by atoms with E-state index in [2.05, 4.69) is 6.07 Å². The SMILES string of the molecule is COc1ccc(C2=Nc3ccccc3SC2)cc1OC.Cl. The highest BCUT2D eigenvalue weighted by Crippen LogP contribution is 2.36. The van der Waals surface area contributed by atoms with E-state index in [4.69, 9.17) is 14.5 Å². The standard InChI is InChI=1S/C16H15NO2S.ClH/c1-18-14-8-7-11(9-15(14)19-2)13-10-20-16-6-4-3-5-12(16)17-13;/h3-9H,10H2,1-2H3;1H. The van der Waals surface area contributed by atoms with Crippen molar-refractivity contribution < 1.29 is 9.47 Å². The molecule has 0 radical (unpaired) electrons. The molecule has 0 amide bonds. The Labute approximate surface area is 134 Å². The highest BCUT2D eigenvalue weighted by molar-refractivity contribution is 8.00. The molecule has 3 rings (SSSR count). The molecule has 0 bridgehead atoms. The number of fused-ring (bicyclic) bond motifs is 1. The van der Waals surface area contributed by atoms with E-state index >= 15 is 0 Å². The minimum absolute atomic E-state index is 0. The molecule has 5 heteroatoms. The first-order valence-corrected chi connectivity index (χ1v) is 7.32. The topological polar surface area (TPSA) is 30.8 Å². The molecule has 21 heavy (non-hydrogen) atoms. The monoisotopic (exact) mass is 321 g/mol. The van der Waals surface area contributed by atoms with Gasteiger partial charge in [0.2, 0.25) is 0 Å². The summed E-state index contributed by atoms with van der Waals surface area (Å²) in [6.07, 6.45) is 0. The minimum atomic E-state index is 0. The highest BCUT2D eigenvalue weighted by Gasteiger charge is 2.15. The average Bonchev–Trinajstić information content (AvgIpc) is 2.53. The van der Waals surface area contributed by atoms with E-state index < -0.39 is 0 Å². The Morgan fingerprint density at radius 3 is 2.52 bits per heavy atom. The summed E-state index contributed by atoms with van der Waals surface area (Å²) in [5.41, 5.74) is 3.17. The molecule has 3 nitrogen and oxygen atoms in total. The summed E-state index contributed by atoms with van der Waals surface area (Å²) in [6, 6.07) is 14.1. The summed E-state index contributed by atoms with van der Waals surface area (Å²) in [7, 11) is 3.29. The van der Waals surface area contributed by atoms with Gasteiger partial charge in [0.25, 0.3) is 0 Å². The molecule has 0 aromatic heterocycles. The van der Waals surface area contributed by atoms with Crippen LogP contribution in [0.2, 0.25) is 0 Å². The van der Waals surface area contributed by atoms with Gasteiger partial charge in [-0.05, 0) is 30.3 Å². The van der Waals surface area contributed by atoms with E-state index in [9.17, 15) is 0 Å². The first kappa shape index (κ1) is 15.7. The second-order valence-corrected chi connectivity index (χ2v) is 5.40. The third kappa shape index (κ3) is 3.17. The van der Waals surface area contributed by atoms with Gasteiger partial charge >= 0.3 is 0 Å². The summed E-state index contributed by atoms with van der Waals surface area (Å²) in [5.74, 6) is 2.34. The predicted octanol–water partition coefficient (Wildman–Crippen LogP) is 4.35. The molecule has 1 heterocycles. The van der Waals surface area contributed by atoms with Crippen molar-refractivity contribution in [3.8, 4) is 11.5 Å². The Kier molecular flexibility index (Phi) is 5.15. The van der Waals surface area contributed by atoms with Crippen molar-refractivity contribution in [1.29, 1.82) is 0 Å². The number of thioether (sulfide) groups is 1. The molecular formula is C16H16ClNO2S. The minimum Gasteiger partial charge on any atom is -0.493 e. The molecule has 0 fully saturated rings. The van der Waals surface area contributed by atoms with Crippen molar-refractivity contribution in [3.63, 3.8) is 0 Å². The van der Waals surface area contributed by atoms with Crippen LogP contribution in [0.4, 0.5) is 5.69 Å². The van der Waals surface area contributed by atoms with E-state index in [1.165, 1.54) is 4.90 Å². The van der Waals surface area contributed by atoms with Gasteiger partial charge < -0.3 is 9.47 Å². The number of nitrogens with zero attached hydrogens (tertiary/aromatic N) is 1. The zero-order valence-electron chi connectivity index (χ0n) is 11.8. The fourth-order valence-corrected chi connectivity index (χ4v) is 3.12. The molecular weight excluding hydrogens is 306 g/mol. The molecule has 1 aliphatic rings. The number of benzene rings is 2. The first-order chi connectivity index (χ1) is 9.81. The maximum absolute atomic E-state index is 5.35. The Balaban J connectivity index is 0.00000161. The number of rotatable bonds is 3. The molecule has 2 aromatic carbocycles. The first-order valence-electron chi connectivity index (χ1n) is 6.33. The molecule has 2 aromatic rings. The van der Waals surface area contributed by atoms with Crippen molar-refractivity contribution in [2.24, 2.45) is 4.99 Å². The third-order valence-corrected chi connectivity index (χ3v) is 4.28. The van der Waals surface area contributed by atoms with Crippen LogP contribution in [0.15, 0.2) is 52.4 Å². The van der Waals surface area contributed by atoms with Crippen LogP contribution in [-0.4, -0.2) is 25.7 Å². The van der Waals surface area contributed by atoms with E-state index in [1.54, 1.807) is 14.2 Å². The van der Waals surface area contributed by atoms with E-state index in [0.717, 1.165) is 34.2 Å². The van der Waals surface area contributed by atoms with E-state index in [-0.39, 0.29) is 12.4 Å². The van der Waals surface area contributed by atoms with Crippen LogP contribution < -0.4 is 9.47 Å². The van der Waals surface area contributed by atoms with Gasteiger partial charge in [0, 0.05) is 16.2 Å². The predicted molar refractivity (Wildman–Crippen MR) is 90.2 cm³/mol. The van der Waals surface area contributed by atoms with Gasteiger partial charge in [0.1, 0.15) is 0 Å². The molecule has 0 aliphatic carbocycles. The van der Waals surface area contributed by atoms with Crippen molar-refractivity contribution in [2.75, 3.05) is 20.0 Å². The van der Waals surface area contributed by atoms with E-state index in [0.29, 0.717) is 0 Å². The van der Waals surface area contributed by atoms with Gasteiger partial charge in [-0.1, -0.05) is 12.1 Å². The lowest BCUT2D eigenvalue weighted by Gasteiger charge is -2.16. The van der Waals surface area contributed by atoms with Crippen LogP contribution in [0.3, 0.4) is 0 Å². The summed E-state index contributed by atoms with van der Waals surface area (Å²) in [6.45, 7) is 0. The average molecular weight is 322 g/mol. The fourth-order valence-electron chi connectivity index (χ4n) is 2.16. The van der Waals surface area contributed by atoms with Crippen molar-refractivity contribution in [3.05, 3.63) is 48.0 Å². The zero-order chi connectivity index (χ0) is 13.9. The molecule has 1 aliphatic heterocycles. The van der Waals surface area contributed by atoms with E-state index in [1.807, 2.05) is 48.2 Å². The Morgan fingerprint density at radius 2 is 1.76 bits per heavy atom. The number of halogens is 1. The summed E-state index contributed by atoms with van der Waals surface area (Å²) in [4.78, 5) is 5.98. The van der Waals surface area contributed by atoms with Gasteiger partial charge in [0.15, 0.2) is 11.5 Å². The Hall–Kier alpha value is -1.65. The Bertz CT molecular complexity index is 673.